The molecule has 1 aromatic heterocycles. The Morgan fingerprint density at radius 3 is 2.68 bits per heavy atom. The van der Waals surface area contributed by atoms with Crippen LogP contribution in [0.1, 0.15) is 31.2 Å². The molecule has 0 radical (unpaired) electrons. The fraction of sp³-hybridized carbons (Fsp3) is 0.438. The molecule has 1 saturated carbocycles. The van der Waals surface area contributed by atoms with E-state index in [0.29, 0.717) is 0 Å². The first kappa shape index (κ1) is 12.4. The molecule has 3 nitrogen and oxygen atoms in total. The molecule has 1 heterocycles. The molecule has 1 N–H and O–H groups in total. The van der Waals surface area contributed by atoms with Gasteiger partial charge in [0.2, 0.25) is 0 Å². The van der Waals surface area contributed by atoms with Gasteiger partial charge in [0.05, 0.1) is 5.69 Å². The molecule has 0 unspecified atom stereocenters. The summed E-state index contributed by atoms with van der Waals surface area (Å²) in [7, 11) is 0. The monoisotopic (exact) mass is 255 g/mol. The quantitative estimate of drug-likeness (QED) is 0.804. The Hall–Kier alpha value is -1.61. The Morgan fingerprint density at radius 1 is 1.21 bits per heavy atom. The molecule has 3 heteroatoms. The van der Waals surface area contributed by atoms with Crippen molar-refractivity contribution < 1.29 is 0 Å². The van der Waals surface area contributed by atoms with Crippen LogP contribution in [0.5, 0.6) is 0 Å². The van der Waals surface area contributed by atoms with Gasteiger partial charge >= 0.3 is 0 Å². The second-order valence-electron chi connectivity index (χ2n) is 5.38. The lowest BCUT2D eigenvalue weighted by Crippen LogP contribution is -2.21. The Bertz CT molecular complexity index is 483. The van der Waals surface area contributed by atoms with Crippen LogP contribution in [0.3, 0.4) is 0 Å². The number of aromatic nitrogens is 2. The van der Waals surface area contributed by atoms with Crippen LogP contribution in [0.4, 0.5) is 0 Å². The fourth-order valence-corrected chi connectivity index (χ4v) is 2.51. The third kappa shape index (κ3) is 3.24. The lowest BCUT2D eigenvalue weighted by molar-refractivity contribution is 0.292. The maximum absolute atomic E-state index is 4.23. The summed E-state index contributed by atoms with van der Waals surface area (Å²) in [4.78, 5) is 0. The van der Waals surface area contributed by atoms with Crippen molar-refractivity contribution in [2.45, 2.75) is 32.2 Å². The van der Waals surface area contributed by atoms with Crippen LogP contribution in [0.15, 0.2) is 42.7 Å². The lowest BCUT2D eigenvalue weighted by atomic mass is 9.83. The number of benzene rings is 1. The Morgan fingerprint density at radius 2 is 2.05 bits per heavy atom. The van der Waals surface area contributed by atoms with E-state index in [1.54, 1.807) is 6.20 Å². The normalized spacial score (nSPS) is 15.4. The Kier molecular flexibility index (Phi) is 3.94. The van der Waals surface area contributed by atoms with Crippen molar-refractivity contribution in [2.24, 2.45) is 5.92 Å². The van der Waals surface area contributed by atoms with Gasteiger partial charge in [0, 0.05) is 18.9 Å². The zero-order valence-electron chi connectivity index (χ0n) is 11.3. The van der Waals surface area contributed by atoms with Gasteiger partial charge in [-0.1, -0.05) is 31.4 Å². The van der Waals surface area contributed by atoms with E-state index in [9.17, 15) is 0 Å². The van der Waals surface area contributed by atoms with Gasteiger partial charge in [-0.15, -0.1) is 0 Å². The maximum atomic E-state index is 4.23. The highest BCUT2D eigenvalue weighted by Crippen LogP contribution is 2.28. The van der Waals surface area contributed by atoms with Crippen molar-refractivity contribution in [1.29, 1.82) is 0 Å². The van der Waals surface area contributed by atoms with E-state index in [2.05, 4.69) is 34.7 Å². The molecule has 0 saturated heterocycles. The Labute approximate surface area is 114 Å². The van der Waals surface area contributed by atoms with Gasteiger partial charge < -0.3 is 5.32 Å². The summed E-state index contributed by atoms with van der Waals surface area (Å²) in [5, 5.41) is 7.76. The van der Waals surface area contributed by atoms with E-state index in [0.717, 1.165) is 24.7 Å². The summed E-state index contributed by atoms with van der Waals surface area (Å²) >= 11 is 0. The van der Waals surface area contributed by atoms with E-state index >= 15 is 0 Å². The molecule has 0 bridgehead atoms. The summed E-state index contributed by atoms with van der Waals surface area (Å²) in [5.74, 6) is 0.995. The lowest BCUT2D eigenvalue weighted by Gasteiger charge is -2.25. The largest absolute Gasteiger partial charge is 0.313 e. The minimum absolute atomic E-state index is 0.964. The SMILES string of the molecule is c1cnn(-c2ccc(CNCCC3CCC3)cc2)c1. The smallest absolute Gasteiger partial charge is 0.0645 e. The van der Waals surface area contributed by atoms with E-state index in [-0.39, 0.29) is 0 Å². The van der Waals surface area contributed by atoms with Crippen molar-refractivity contribution in [3.8, 4) is 5.69 Å². The number of hydrogen-bond donors (Lipinski definition) is 1. The van der Waals surface area contributed by atoms with Crippen LogP contribution in [0.2, 0.25) is 0 Å². The number of rotatable bonds is 6. The number of nitrogens with one attached hydrogen (secondary N) is 1. The molecule has 0 spiro atoms. The second kappa shape index (κ2) is 6.02. The maximum Gasteiger partial charge on any atom is 0.0645 e. The fourth-order valence-electron chi connectivity index (χ4n) is 2.51. The van der Waals surface area contributed by atoms with Crippen molar-refractivity contribution in [3.05, 3.63) is 48.3 Å². The summed E-state index contributed by atoms with van der Waals surface area (Å²) < 4.78 is 1.88. The summed E-state index contributed by atoms with van der Waals surface area (Å²) in [5.41, 5.74) is 2.45. The second-order valence-corrected chi connectivity index (χ2v) is 5.38. The van der Waals surface area contributed by atoms with Crippen LogP contribution in [0.25, 0.3) is 5.69 Å². The van der Waals surface area contributed by atoms with Crippen LogP contribution in [-0.4, -0.2) is 16.3 Å². The van der Waals surface area contributed by atoms with Gasteiger partial charge in [-0.3, -0.25) is 0 Å². The molecule has 2 aromatic rings. The minimum Gasteiger partial charge on any atom is -0.313 e. The molecule has 0 atom stereocenters. The number of hydrogen-bond acceptors (Lipinski definition) is 2. The van der Waals surface area contributed by atoms with Crippen LogP contribution < -0.4 is 5.32 Å². The molecular weight excluding hydrogens is 234 g/mol. The van der Waals surface area contributed by atoms with E-state index in [1.165, 1.54) is 31.2 Å². The van der Waals surface area contributed by atoms with Crippen LogP contribution >= 0.6 is 0 Å². The predicted octanol–water partition coefficient (Wildman–Crippen LogP) is 3.15. The molecule has 3 rings (SSSR count). The highest BCUT2D eigenvalue weighted by Gasteiger charge is 2.15. The average Bonchev–Trinajstić information content (AvgIpc) is 2.91. The third-order valence-corrected chi connectivity index (χ3v) is 3.99. The van der Waals surface area contributed by atoms with E-state index in [4.69, 9.17) is 0 Å². The van der Waals surface area contributed by atoms with Gasteiger partial charge in [-0.05, 0) is 42.6 Å². The molecule has 1 fully saturated rings. The van der Waals surface area contributed by atoms with Crippen LogP contribution in [-0.2, 0) is 6.54 Å². The average molecular weight is 255 g/mol. The molecule has 19 heavy (non-hydrogen) atoms. The first-order valence-electron chi connectivity index (χ1n) is 7.21. The summed E-state index contributed by atoms with van der Waals surface area (Å²) in [6.45, 7) is 2.11. The predicted molar refractivity (Wildman–Crippen MR) is 77.2 cm³/mol. The highest BCUT2D eigenvalue weighted by molar-refractivity contribution is 5.33. The number of nitrogens with zero attached hydrogens (tertiary/aromatic N) is 2. The molecular formula is C16H21N3. The zero-order valence-corrected chi connectivity index (χ0v) is 11.3. The highest BCUT2D eigenvalue weighted by atomic mass is 15.3. The molecule has 1 aromatic carbocycles. The topological polar surface area (TPSA) is 29.9 Å². The molecule has 0 amide bonds. The van der Waals surface area contributed by atoms with Gasteiger partial charge in [0.25, 0.3) is 0 Å². The van der Waals surface area contributed by atoms with Crippen molar-refractivity contribution in [2.75, 3.05) is 6.54 Å². The summed E-state index contributed by atoms with van der Waals surface area (Å²) in [6.07, 6.45) is 9.44. The Balaban J connectivity index is 1.46. The van der Waals surface area contributed by atoms with Crippen molar-refractivity contribution >= 4 is 0 Å². The third-order valence-electron chi connectivity index (χ3n) is 3.99. The first-order chi connectivity index (χ1) is 9.42. The van der Waals surface area contributed by atoms with E-state index < -0.39 is 0 Å². The van der Waals surface area contributed by atoms with Crippen molar-refractivity contribution in [1.82, 2.24) is 15.1 Å². The van der Waals surface area contributed by atoms with E-state index in [1.807, 2.05) is 16.9 Å². The van der Waals surface area contributed by atoms with Gasteiger partial charge in [0.1, 0.15) is 0 Å². The van der Waals surface area contributed by atoms with Crippen LogP contribution in [0, 0.1) is 5.92 Å². The molecule has 1 aliphatic rings. The molecule has 1 aliphatic carbocycles. The first-order valence-corrected chi connectivity index (χ1v) is 7.21. The van der Waals surface area contributed by atoms with Gasteiger partial charge in [-0.2, -0.15) is 5.10 Å². The molecule has 0 aliphatic heterocycles. The molecule has 100 valence electrons. The standard InChI is InChI=1S/C16H21N3/c1-3-14(4-1)9-11-17-13-15-5-7-16(8-6-15)19-12-2-10-18-19/h2,5-8,10,12,14,17H,1,3-4,9,11,13H2. The van der Waals surface area contributed by atoms with Gasteiger partial charge in [-0.25, -0.2) is 4.68 Å². The minimum atomic E-state index is 0.964. The summed E-state index contributed by atoms with van der Waals surface area (Å²) in [6, 6.07) is 10.5. The van der Waals surface area contributed by atoms with Crippen molar-refractivity contribution in [3.63, 3.8) is 0 Å². The van der Waals surface area contributed by atoms with Gasteiger partial charge in [0.15, 0.2) is 0 Å². The zero-order chi connectivity index (χ0) is 12.9.